The first kappa shape index (κ1) is 15.9. The topological polar surface area (TPSA) is 85.4 Å². The number of fused-ring (bicyclic) bond motifs is 1. The number of hydrogen-bond donors (Lipinski definition) is 1. The van der Waals surface area contributed by atoms with Gasteiger partial charge in [-0.1, -0.05) is 24.6 Å². The summed E-state index contributed by atoms with van der Waals surface area (Å²) < 4.78 is 33.4. The highest BCUT2D eigenvalue weighted by atomic mass is 32.2. The number of pyridine rings is 1. The number of rotatable bonds is 5. The van der Waals surface area contributed by atoms with E-state index in [9.17, 15) is 13.2 Å². The monoisotopic (exact) mass is 334 g/mol. The van der Waals surface area contributed by atoms with Crippen LogP contribution in [0.1, 0.15) is 32.1 Å². The lowest BCUT2D eigenvalue weighted by atomic mass is 9.92. The van der Waals surface area contributed by atoms with Gasteiger partial charge in [0, 0.05) is 24.4 Å². The maximum atomic E-state index is 12.8. The van der Waals surface area contributed by atoms with Crippen molar-refractivity contribution in [2.24, 2.45) is 0 Å². The summed E-state index contributed by atoms with van der Waals surface area (Å²) in [6, 6.07) is 8.55. The van der Waals surface area contributed by atoms with Crippen molar-refractivity contribution in [3.05, 3.63) is 36.5 Å². The quantitative estimate of drug-likeness (QED) is 0.670. The fourth-order valence-corrected chi connectivity index (χ4v) is 4.59. The molecule has 0 atom stereocenters. The van der Waals surface area contributed by atoms with E-state index in [1.165, 1.54) is 6.07 Å². The zero-order valence-electron chi connectivity index (χ0n) is 12.6. The third-order valence-electron chi connectivity index (χ3n) is 4.14. The van der Waals surface area contributed by atoms with Gasteiger partial charge in [0.1, 0.15) is 4.90 Å². The molecule has 1 N–H and O–H groups in total. The van der Waals surface area contributed by atoms with Gasteiger partial charge in [-0.05, 0) is 25.0 Å². The highest BCUT2D eigenvalue weighted by Gasteiger charge is 2.38. The molecular formula is C16H18N2O4S. The van der Waals surface area contributed by atoms with Gasteiger partial charge in [-0.3, -0.25) is 9.78 Å². The fourth-order valence-electron chi connectivity index (χ4n) is 3.05. The van der Waals surface area contributed by atoms with Crippen molar-refractivity contribution in [2.45, 2.75) is 42.7 Å². The fraction of sp³-hybridized carbons (Fsp3) is 0.375. The van der Waals surface area contributed by atoms with Gasteiger partial charge in [0.05, 0.1) is 5.52 Å². The molecule has 0 unspecified atom stereocenters. The molecule has 1 fully saturated rings. The second kappa shape index (κ2) is 6.25. The Morgan fingerprint density at radius 3 is 2.61 bits per heavy atom. The Labute approximate surface area is 134 Å². The lowest BCUT2D eigenvalue weighted by Gasteiger charge is -2.35. The zero-order chi connectivity index (χ0) is 16.3. The summed E-state index contributed by atoms with van der Waals surface area (Å²) in [5.74, 6) is 0. The molecule has 122 valence electrons. The molecule has 7 heteroatoms. The van der Waals surface area contributed by atoms with Gasteiger partial charge in [-0.2, -0.15) is 4.72 Å². The maximum Gasteiger partial charge on any atom is 0.294 e. The van der Waals surface area contributed by atoms with Crippen molar-refractivity contribution in [2.75, 3.05) is 0 Å². The number of carbonyl (C=O) groups is 1. The van der Waals surface area contributed by atoms with Gasteiger partial charge in [-0.15, -0.1) is 0 Å². The first-order valence-electron chi connectivity index (χ1n) is 7.56. The number of sulfonamides is 1. The summed E-state index contributed by atoms with van der Waals surface area (Å²) in [6.07, 6.45) is 5.13. The standard InChI is InChI=1S/C16H18N2O4S/c19-12-22-16(9-2-1-3-10-16)18-23(20,21)14-8-4-6-13-7-5-11-17-15(13)14/h4-8,11-12,18H,1-3,9-10H2. The zero-order valence-corrected chi connectivity index (χ0v) is 13.4. The van der Waals surface area contributed by atoms with E-state index in [1.54, 1.807) is 30.5 Å². The highest BCUT2D eigenvalue weighted by Crippen LogP contribution is 2.31. The molecule has 6 nitrogen and oxygen atoms in total. The summed E-state index contributed by atoms with van der Waals surface area (Å²) in [5, 5.41) is 0.740. The van der Waals surface area contributed by atoms with Crippen LogP contribution in [0.25, 0.3) is 10.9 Å². The molecule has 0 radical (unpaired) electrons. The Balaban J connectivity index is 2.01. The van der Waals surface area contributed by atoms with Crippen molar-refractivity contribution in [1.82, 2.24) is 9.71 Å². The molecule has 0 spiro atoms. The molecule has 0 bridgehead atoms. The van der Waals surface area contributed by atoms with Crippen molar-refractivity contribution < 1.29 is 17.9 Å². The van der Waals surface area contributed by atoms with E-state index in [0.717, 1.165) is 24.6 Å². The Morgan fingerprint density at radius 1 is 1.13 bits per heavy atom. The minimum atomic E-state index is -3.86. The number of carbonyl (C=O) groups excluding carboxylic acids is 1. The van der Waals surface area contributed by atoms with E-state index in [-0.39, 0.29) is 4.90 Å². The molecule has 3 rings (SSSR count). The molecule has 1 aliphatic carbocycles. The molecule has 1 saturated carbocycles. The second-order valence-electron chi connectivity index (χ2n) is 5.71. The van der Waals surface area contributed by atoms with Crippen LogP contribution in [0.3, 0.4) is 0 Å². The summed E-state index contributed by atoms with van der Waals surface area (Å²) in [5.41, 5.74) is -0.755. The third kappa shape index (κ3) is 3.20. The van der Waals surface area contributed by atoms with Gasteiger partial charge < -0.3 is 4.74 Å². The Hall–Kier alpha value is -1.99. The molecule has 1 aromatic carbocycles. The Bertz CT molecular complexity index is 808. The van der Waals surface area contributed by atoms with Gasteiger partial charge in [-0.25, -0.2) is 8.42 Å². The molecule has 2 aromatic rings. The minimum absolute atomic E-state index is 0.0926. The minimum Gasteiger partial charge on any atom is -0.445 e. The normalized spacial score (nSPS) is 17.7. The predicted molar refractivity (Wildman–Crippen MR) is 85.0 cm³/mol. The van der Waals surface area contributed by atoms with E-state index in [0.29, 0.717) is 24.8 Å². The Morgan fingerprint density at radius 2 is 1.87 bits per heavy atom. The number of nitrogens with zero attached hydrogens (tertiary/aromatic N) is 1. The first-order chi connectivity index (χ1) is 11.1. The van der Waals surface area contributed by atoms with E-state index >= 15 is 0 Å². The molecule has 0 amide bonds. The third-order valence-corrected chi connectivity index (χ3v) is 5.69. The van der Waals surface area contributed by atoms with Gasteiger partial charge in [0.15, 0.2) is 5.72 Å². The molecule has 1 aliphatic rings. The van der Waals surface area contributed by atoms with Crippen LogP contribution < -0.4 is 4.72 Å². The molecule has 1 aromatic heterocycles. The summed E-state index contributed by atoms with van der Waals surface area (Å²) in [7, 11) is -3.86. The van der Waals surface area contributed by atoms with Gasteiger partial charge >= 0.3 is 0 Å². The van der Waals surface area contributed by atoms with Gasteiger partial charge in [0.2, 0.25) is 10.0 Å². The molecule has 0 aliphatic heterocycles. The van der Waals surface area contributed by atoms with Crippen LogP contribution in [0.15, 0.2) is 41.4 Å². The number of nitrogens with one attached hydrogen (secondary N) is 1. The van der Waals surface area contributed by atoms with Crippen LogP contribution >= 0.6 is 0 Å². The van der Waals surface area contributed by atoms with E-state index in [2.05, 4.69) is 9.71 Å². The molecular weight excluding hydrogens is 316 g/mol. The Kier molecular flexibility index (Phi) is 4.32. The predicted octanol–water partition coefficient (Wildman–Crippen LogP) is 2.35. The molecule has 23 heavy (non-hydrogen) atoms. The van der Waals surface area contributed by atoms with Crippen LogP contribution in [0.4, 0.5) is 0 Å². The van der Waals surface area contributed by atoms with E-state index in [4.69, 9.17) is 4.74 Å². The average molecular weight is 334 g/mol. The first-order valence-corrected chi connectivity index (χ1v) is 9.04. The SMILES string of the molecule is O=COC1(NS(=O)(=O)c2cccc3cccnc23)CCCCC1. The molecule has 0 saturated heterocycles. The van der Waals surface area contributed by atoms with Crippen LogP contribution in [-0.2, 0) is 19.6 Å². The van der Waals surface area contributed by atoms with Crippen LogP contribution in [-0.4, -0.2) is 25.6 Å². The number of hydrogen-bond acceptors (Lipinski definition) is 5. The highest BCUT2D eigenvalue weighted by molar-refractivity contribution is 7.89. The second-order valence-corrected chi connectivity index (χ2v) is 7.36. The lowest BCUT2D eigenvalue weighted by Crippen LogP contribution is -2.51. The van der Waals surface area contributed by atoms with Crippen LogP contribution in [0.5, 0.6) is 0 Å². The summed E-state index contributed by atoms with van der Waals surface area (Å²) >= 11 is 0. The van der Waals surface area contributed by atoms with Crippen molar-refractivity contribution in [3.8, 4) is 0 Å². The number of benzene rings is 1. The van der Waals surface area contributed by atoms with Crippen LogP contribution in [0, 0.1) is 0 Å². The van der Waals surface area contributed by atoms with Crippen molar-refractivity contribution in [3.63, 3.8) is 0 Å². The summed E-state index contributed by atoms with van der Waals surface area (Å²) in [4.78, 5) is 15.1. The number of ether oxygens (including phenoxy) is 1. The van der Waals surface area contributed by atoms with Gasteiger partial charge in [0.25, 0.3) is 6.47 Å². The maximum absolute atomic E-state index is 12.8. The van der Waals surface area contributed by atoms with Crippen molar-refractivity contribution in [1.29, 1.82) is 0 Å². The van der Waals surface area contributed by atoms with E-state index < -0.39 is 15.7 Å². The van der Waals surface area contributed by atoms with Crippen molar-refractivity contribution >= 4 is 27.4 Å². The lowest BCUT2D eigenvalue weighted by molar-refractivity contribution is -0.148. The van der Waals surface area contributed by atoms with Crippen LogP contribution in [0.2, 0.25) is 0 Å². The number of para-hydroxylation sites is 1. The smallest absolute Gasteiger partial charge is 0.294 e. The largest absolute Gasteiger partial charge is 0.445 e. The van der Waals surface area contributed by atoms with E-state index in [1.807, 2.05) is 0 Å². The summed E-state index contributed by atoms with van der Waals surface area (Å²) in [6.45, 7) is 0.315. The molecule has 1 heterocycles. The number of aromatic nitrogens is 1. The average Bonchev–Trinajstić information content (AvgIpc) is 2.55.